The first kappa shape index (κ1) is 59.4. The molecular weight excluding hydrogens is 800 g/mol. The van der Waals surface area contributed by atoms with Gasteiger partial charge in [0.1, 0.15) is 12.2 Å². The number of rotatable bonds is 45. The van der Waals surface area contributed by atoms with E-state index in [4.69, 9.17) is 23.6 Å². The second kappa shape index (κ2) is 47.8. The number of aliphatic hydroxyl groups excluding tert-OH is 2. The number of phosphoric ester groups is 1. The summed E-state index contributed by atoms with van der Waals surface area (Å²) in [6, 6.07) is 0. The number of allylic oxidation sites excluding steroid dienone is 16. The molecule has 0 spiro atoms. The monoisotopic (exact) mass is 889 g/mol. The highest BCUT2D eigenvalue weighted by Crippen LogP contribution is 2.43. The van der Waals surface area contributed by atoms with E-state index < -0.39 is 45.8 Å². The quantitative estimate of drug-likeness (QED) is 0.0237. The first-order valence-corrected chi connectivity index (χ1v) is 25.7. The number of aliphatic hydroxyl groups is 2. The van der Waals surface area contributed by atoms with Gasteiger partial charge in [-0.05, 0) is 96.3 Å². The third kappa shape index (κ3) is 46.9. The van der Waals surface area contributed by atoms with Gasteiger partial charge in [-0.3, -0.25) is 13.8 Å². The Morgan fingerprint density at radius 1 is 0.516 bits per heavy atom. The SMILES string of the molecule is CC/C=C\C/C=C\C/C=C\C/C=C\C/C=C\C/C=C\CCCCCOCC(COP(=O)(O)OCC(O)CO)OC(=O)CCCCCCCCCCC/C=C\C/C=C\CCCCC. The van der Waals surface area contributed by atoms with Crippen LogP contribution in [0, 0.1) is 0 Å². The molecule has 0 fully saturated rings. The van der Waals surface area contributed by atoms with Crippen LogP contribution in [0.2, 0.25) is 0 Å². The van der Waals surface area contributed by atoms with Crippen LogP contribution in [-0.2, 0) is 27.9 Å². The van der Waals surface area contributed by atoms with Gasteiger partial charge in [-0.2, -0.15) is 0 Å². The summed E-state index contributed by atoms with van der Waals surface area (Å²) >= 11 is 0. The fraction of sp³-hybridized carbons (Fsp3) is 0.673. The fourth-order valence-electron chi connectivity index (χ4n) is 6.09. The molecule has 0 aromatic rings. The summed E-state index contributed by atoms with van der Waals surface area (Å²) in [5.41, 5.74) is 0. The molecule has 3 N–H and O–H groups in total. The van der Waals surface area contributed by atoms with Crippen molar-refractivity contribution in [3.8, 4) is 0 Å². The van der Waals surface area contributed by atoms with Crippen LogP contribution in [0.4, 0.5) is 0 Å². The Morgan fingerprint density at radius 2 is 0.919 bits per heavy atom. The van der Waals surface area contributed by atoms with Gasteiger partial charge >= 0.3 is 13.8 Å². The maximum atomic E-state index is 12.7. The highest BCUT2D eigenvalue weighted by molar-refractivity contribution is 7.47. The molecule has 0 aliphatic carbocycles. The van der Waals surface area contributed by atoms with Crippen molar-refractivity contribution in [2.24, 2.45) is 0 Å². The standard InChI is InChI=1S/C52H89O9P/c1-3-5-7-9-11-13-15-17-19-21-23-24-25-27-29-31-33-35-37-39-41-43-45-58-48-51(49-60-62(56,57)59-47-50(54)46-53)61-52(55)44-42-40-38-36-34-32-30-28-26-22-20-18-16-14-12-10-8-6-4-2/h5,7,11-14,17-20,23-24,27,29,33,35,50-51,53-54H,3-4,6,8-10,15-16,21-22,25-26,28,30-32,34,36-49H2,1-2H3,(H,56,57)/b7-5-,13-11-,14-12-,19-17-,20-18-,24-23-,29-27-,35-33-. The molecule has 9 nitrogen and oxygen atoms in total. The van der Waals surface area contributed by atoms with Crippen LogP contribution in [0.3, 0.4) is 0 Å². The second-order valence-corrected chi connectivity index (χ2v) is 17.2. The van der Waals surface area contributed by atoms with Crippen LogP contribution in [0.15, 0.2) is 97.2 Å². The lowest BCUT2D eigenvalue weighted by Gasteiger charge is -2.20. The minimum Gasteiger partial charge on any atom is -0.457 e. The molecule has 0 bridgehead atoms. The number of esters is 1. The summed E-state index contributed by atoms with van der Waals surface area (Å²) in [4.78, 5) is 22.7. The molecule has 0 aliphatic rings. The molecule has 356 valence electrons. The summed E-state index contributed by atoms with van der Waals surface area (Å²) in [6.45, 7) is 3.28. The first-order valence-electron chi connectivity index (χ1n) is 24.2. The van der Waals surface area contributed by atoms with Gasteiger partial charge in [0, 0.05) is 13.0 Å². The zero-order chi connectivity index (χ0) is 45.3. The van der Waals surface area contributed by atoms with Crippen molar-refractivity contribution < 1.29 is 43.0 Å². The number of hydrogen-bond acceptors (Lipinski definition) is 8. The van der Waals surface area contributed by atoms with E-state index in [-0.39, 0.29) is 13.0 Å². The Kier molecular flexibility index (Phi) is 45.8. The summed E-state index contributed by atoms with van der Waals surface area (Å²) in [7, 11) is -4.54. The van der Waals surface area contributed by atoms with Gasteiger partial charge in [0.15, 0.2) is 0 Å². The van der Waals surface area contributed by atoms with Crippen LogP contribution in [0.25, 0.3) is 0 Å². The molecule has 10 heteroatoms. The minimum atomic E-state index is -4.54. The third-order valence-electron chi connectivity index (χ3n) is 9.75. The van der Waals surface area contributed by atoms with Crippen molar-refractivity contribution in [1.82, 2.24) is 0 Å². The third-order valence-corrected chi connectivity index (χ3v) is 10.7. The van der Waals surface area contributed by atoms with Crippen molar-refractivity contribution in [2.75, 3.05) is 33.0 Å². The summed E-state index contributed by atoms with van der Waals surface area (Å²) < 4.78 is 33.4. The molecule has 0 aromatic carbocycles. The Labute approximate surface area is 378 Å². The van der Waals surface area contributed by atoms with Crippen molar-refractivity contribution in [2.45, 2.75) is 193 Å². The largest absolute Gasteiger partial charge is 0.472 e. The van der Waals surface area contributed by atoms with Crippen LogP contribution in [0.5, 0.6) is 0 Å². The summed E-state index contributed by atoms with van der Waals surface area (Å²) in [5.74, 6) is -0.403. The summed E-state index contributed by atoms with van der Waals surface area (Å²) in [5, 5.41) is 18.4. The van der Waals surface area contributed by atoms with E-state index in [9.17, 15) is 19.4 Å². The zero-order valence-electron chi connectivity index (χ0n) is 39.1. The Bertz CT molecular complexity index is 1280. The van der Waals surface area contributed by atoms with E-state index in [1.54, 1.807) is 0 Å². The van der Waals surface area contributed by atoms with Crippen molar-refractivity contribution in [3.63, 3.8) is 0 Å². The van der Waals surface area contributed by atoms with Gasteiger partial charge < -0.3 is 24.6 Å². The Morgan fingerprint density at radius 3 is 1.39 bits per heavy atom. The molecule has 0 radical (unpaired) electrons. The normalized spacial score (nSPS) is 14.7. The van der Waals surface area contributed by atoms with Gasteiger partial charge in [-0.1, -0.05) is 175 Å². The highest BCUT2D eigenvalue weighted by Gasteiger charge is 2.26. The number of hydrogen-bond donors (Lipinski definition) is 3. The number of carbonyl (C=O) groups is 1. The van der Waals surface area contributed by atoms with Crippen molar-refractivity contribution in [3.05, 3.63) is 97.2 Å². The van der Waals surface area contributed by atoms with E-state index in [1.807, 2.05) is 0 Å². The Hall–Kier alpha value is -2.62. The molecule has 0 aromatic heterocycles. The lowest BCUT2D eigenvalue weighted by atomic mass is 10.1. The van der Waals surface area contributed by atoms with Gasteiger partial charge in [0.25, 0.3) is 0 Å². The van der Waals surface area contributed by atoms with E-state index in [0.717, 1.165) is 96.3 Å². The lowest BCUT2D eigenvalue weighted by Crippen LogP contribution is -2.29. The molecule has 62 heavy (non-hydrogen) atoms. The Balaban J connectivity index is 4.22. The molecule has 0 rings (SSSR count). The van der Waals surface area contributed by atoms with Crippen LogP contribution in [-0.4, -0.2) is 66.3 Å². The number of carbonyl (C=O) groups excluding carboxylic acids is 1. The van der Waals surface area contributed by atoms with E-state index in [1.165, 1.54) is 57.8 Å². The minimum absolute atomic E-state index is 0.0188. The molecule has 0 saturated heterocycles. The summed E-state index contributed by atoms with van der Waals surface area (Å²) in [6.07, 6.45) is 60.8. The molecule has 3 atom stereocenters. The smallest absolute Gasteiger partial charge is 0.457 e. The molecule has 0 saturated carbocycles. The van der Waals surface area contributed by atoms with E-state index >= 15 is 0 Å². The van der Waals surface area contributed by atoms with Crippen LogP contribution < -0.4 is 0 Å². The maximum Gasteiger partial charge on any atom is 0.472 e. The average molecular weight is 889 g/mol. The lowest BCUT2D eigenvalue weighted by molar-refractivity contribution is -0.154. The van der Waals surface area contributed by atoms with Gasteiger partial charge in [-0.15, -0.1) is 0 Å². The van der Waals surface area contributed by atoms with Crippen LogP contribution >= 0.6 is 7.82 Å². The molecule has 0 amide bonds. The number of phosphoric acid groups is 1. The fourth-order valence-corrected chi connectivity index (χ4v) is 6.88. The topological polar surface area (TPSA) is 132 Å². The number of unbranched alkanes of at least 4 members (excludes halogenated alkanes) is 15. The maximum absolute atomic E-state index is 12.7. The first-order chi connectivity index (χ1) is 30.3. The highest BCUT2D eigenvalue weighted by atomic mass is 31.2. The predicted molar refractivity (Wildman–Crippen MR) is 260 cm³/mol. The number of ether oxygens (including phenoxy) is 2. The zero-order valence-corrected chi connectivity index (χ0v) is 39.9. The van der Waals surface area contributed by atoms with Gasteiger partial charge in [0.2, 0.25) is 0 Å². The second-order valence-electron chi connectivity index (χ2n) is 15.7. The predicted octanol–water partition coefficient (Wildman–Crippen LogP) is 14.0. The molecule has 0 aliphatic heterocycles. The molecular formula is C52H89O9P. The van der Waals surface area contributed by atoms with Crippen molar-refractivity contribution >= 4 is 13.8 Å². The molecule has 3 unspecified atom stereocenters. The van der Waals surface area contributed by atoms with Gasteiger partial charge in [-0.25, -0.2) is 4.57 Å². The van der Waals surface area contributed by atoms with Crippen molar-refractivity contribution in [1.29, 1.82) is 0 Å². The van der Waals surface area contributed by atoms with Crippen LogP contribution in [0.1, 0.15) is 181 Å². The van der Waals surface area contributed by atoms with E-state index in [0.29, 0.717) is 13.0 Å². The van der Waals surface area contributed by atoms with Gasteiger partial charge in [0.05, 0.1) is 26.4 Å². The van der Waals surface area contributed by atoms with E-state index in [2.05, 4.69) is 111 Å². The molecule has 0 heterocycles. The average Bonchev–Trinajstić information content (AvgIpc) is 3.26.